The number of nitrogens with zero attached hydrogens (tertiary/aromatic N) is 2. The molecule has 0 saturated heterocycles. The molecule has 19 heavy (non-hydrogen) atoms. The van der Waals surface area contributed by atoms with Gasteiger partial charge in [-0.25, -0.2) is 4.39 Å². The molecule has 2 rings (SSSR count). The maximum atomic E-state index is 13.4. The van der Waals surface area contributed by atoms with Crippen LogP contribution in [-0.4, -0.2) is 15.7 Å². The molecular formula is C12H12FIN4O. The largest absolute Gasteiger partial charge is 0.399 e. The van der Waals surface area contributed by atoms with Gasteiger partial charge in [-0.15, -0.1) is 0 Å². The van der Waals surface area contributed by atoms with Crippen molar-refractivity contribution in [2.75, 3.05) is 11.1 Å². The van der Waals surface area contributed by atoms with Crippen molar-refractivity contribution in [1.82, 2.24) is 9.78 Å². The standard InChI is InChI=1S/C12H12FIN4O/c13-10-2-1-9(15)5-11(10)17-12(19)3-4-18-7-8(14)6-16-18/h1-2,5-7H,3-4,15H2,(H,17,19). The molecule has 5 nitrogen and oxygen atoms in total. The summed E-state index contributed by atoms with van der Waals surface area (Å²) in [6, 6.07) is 4.06. The number of carbonyl (C=O) groups excluding carboxylic acids is 1. The van der Waals surface area contributed by atoms with E-state index in [4.69, 9.17) is 5.73 Å². The zero-order valence-corrected chi connectivity index (χ0v) is 12.1. The van der Waals surface area contributed by atoms with Crippen LogP contribution < -0.4 is 11.1 Å². The van der Waals surface area contributed by atoms with Gasteiger partial charge in [0.15, 0.2) is 0 Å². The van der Waals surface area contributed by atoms with Crippen molar-refractivity contribution in [2.45, 2.75) is 13.0 Å². The number of hydrogen-bond donors (Lipinski definition) is 2. The highest BCUT2D eigenvalue weighted by molar-refractivity contribution is 14.1. The van der Waals surface area contributed by atoms with Gasteiger partial charge in [0.25, 0.3) is 0 Å². The fraction of sp³-hybridized carbons (Fsp3) is 0.167. The smallest absolute Gasteiger partial charge is 0.226 e. The van der Waals surface area contributed by atoms with E-state index in [-0.39, 0.29) is 18.0 Å². The van der Waals surface area contributed by atoms with Crippen molar-refractivity contribution in [2.24, 2.45) is 0 Å². The quantitative estimate of drug-likeness (QED) is 0.637. The molecule has 0 aliphatic carbocycles. The van der Waals surface area contributed by atoms with Crippen molar-refractivity contribution in [3.05, 3.63) is 40.0 Å². The second kappa shape index (κ2) is 6.00. The summed E-state index contributed by atoms with van der Waals surface area (Å²) in [5.74, 6) is -0.786. The topological polar surface area (TPSA) is 72.9 Å². The number of nitrogen functional groups attached to an aromatic ring is 1. The van der Waals surface area contributed by atoms with E-state index in [0.29, 0.717) is 12.2 Å². The molecule has 0 saturated carbocycles. The first-order valence-corrected chi connectivity index (χ1v) is 6.65. The van der Waals surface area contributed by atoms with E-state index in [9.17, 15) is 9.18 Å². The highest BCUT2D eigenvalue weighted by Crippen LogP contribution is 2.17. The van der Waals surface area contributed by atoms with Crippen LogP contribution in [0.15, 0.2) is 30.6 Å². The molecule has 0 fully saturated rings. The third kappa shape index (κ3) is 3.91. The highest BCUT2D eigenvalue weighted by Gasteiger charge is 2.08. The molecule has 1 amide bonds. The van der Waals surface area contributed by atoms with Gasteiger partial charge in [0.1, 0.15) is 5.82 Å². The third-order valence-corrected chi connectivity index (χ3v) is 2.99. The molecular weight excluding hydrogens is 362 g/mol. The average molecular weight is 374 g/mol. The molecule has 100 valence electrons. The fourth-order valence-electron chi connectivity index (χ4n) is 1.53. The van der Waals surface area contributed by atoms with Gasteiger partial charge in [-0.05, 0) is 40.8 Å². The summed E-state index contributed by atoms with van der Waals surface area (Å²) in [5, 5.41) is 6.55. The molecule has 0 radical (unpaired) electrons. The number of amides is 1. The maximum Gasteiger partial charge on any atom is 0.226 e. The predicted molar refractivity (Wildman–Crippen MR) is 79.0 cm³/mol. The number of aryl methyl sites for hydroxylation is 1. The molecule has 2 aromatic rings. The van der Waals surface area contributed by atoms with Crippen LogP contribution in [0.5, 0.6) is 0 Å². The lowest BCUT2D eigenvalue weighted by molar-refractivity contribution is -0.116. The highest BCUT2D eigenvalue weighted by atomic mass is 127. The number of aromatic nitrogens is 2. The summed E-state index contributed by atoms with van der Waals surface area (Å²) in [7, 11) is 0. The van der Waals surface area contributed by atoms with Crippen LogP contribution in [0, 0.1) is 9.39 Å². The van der Waals surface area contributed by atoms with Gasteiger partial charge in [0.05, 0.1) is 15.5 Å². The predicted octanol–water partition coefficient (Wildman–Crippen LogP) is 2.24. The van der Waals surface area contributed by atoms with Crippen LogP contribution in [-0.2, 0) is 11.3 Å². The van der Waals surface area contributed by atoms with Gasteiger partial charge in [0, 0.05) is 24.8 Å². The van der Waals surface area contributed by atoms with Crippen molar-refractivity contribution < 1.29 is 9.18 Å². The first kappa shape index (κ1) is 13.8. The van der Waals surface area contributed by atoms with Crippen molar-refractivity contribution in [1.29, 1.82) is 0 Å². The minimum atomic E-state index is -0.504. The van der Waals surface area contributed by atoms with Gasteiger partial charge in [-0.1, -0.05) is 0 Å². The maximum absolute atomic E-state index is 13.4. The average Bonchev–Trinajstić information content (AvgIpc) is 2.77. The molecule has 1 aromatic carbocycles. The Hall–Kier alpha value is -1.64. The molecule has 0 bridgehead atoms. The van der Waals surface area contributed by atoms with Crippen LogP contribution in [0.2, 0.25) is 0 Å². The zero-order valence-electron chi connectivity index (χ0n) is 9.94. The van der Waals surface area contributed by atoms with Gasteiger partial charge in [0.2, 0.25) is 5.91 Å². The van der Waals surface area contributed by atoms with E-state index in [1.807, 2.05) is 6.20 Å². The van der Waals surface area contributed by atoms with E-state index >= 15 is 0 Å². The Kier molecular flexibility index (Phi) is 4.35. The van der Waals surface area contributed by atoms with E-state index in [1.54, 1.807) is 10.9 Å². The van der Waals surface area contributed by atoms with E-state index < -0.39 is 5.82 Å². The van der Waals surface area contributed by atoms with Crippen LogP contribution in [0.25, 0.3) is 0 Å². The van der Waals surface area contributed by atoms with Crippen molar-refractivity contribution >= 4 is 39.9 Å². The van der Waals surface area contributed by atoms with Crippen molar-refractivity contribution in [3.8, 4) is 0 Å². The van der Waals surface area contributed by atoms with Crippen LogP contribution in [0.1, 0.15) is 6.42 Å². The number of carbonyl (C=O) groups is 1. The molecule has 7 heteroatoms. The summed E-state index contributed by atoms with van der Waals surface area (Å²) in [5.41, 5.74) is 6.04. The molecule has 0 aliphatic heterocycles. The molecule has 0 aliphatic rings. The Labute approximate surface area is 123 Å². The summed E-state index contributed by atoms with van der Waals surface area (Å²) in [6.07, 6.45) is 3.75. The summed E-state index contributed by atoms with van der Waals surface area (Å²) in [4.78, 5) is 11.7. The van der Waals surface area contributed by atoms with Gasteiger partial charge < -0.3 is 11.1 Å². The fourth-order valence-corrected chi connectivity index (χ4v) is 1.97. The zero-order chi connectivity index (χ0) is 13.8. The van der Waals surface area contributed by atoms with Crippen LogP contribution in [0.4, 0.5) is 15.8 Å². The van der Waals surface area contributed by atoms with Crippen LogP contribution >= 0.6 is 22.6 Å². The minimum absolute atomic E-state index is 0.0973. The Balaban J connectivity index is 1.92. The normalized spacial score (nSPS) is 10.4. The molecule has 3 N–H and O–H groups in total. The number of nitrogens with two attached hydrogens (primary N) is 1. The molecule has 1 aromatic heterocycles. The molecule has 0 spiro atoms. The second-order valence-electron chi connectivity index (χ2n) is 3.96. The third-order valence-electron chi connectivity index (χ3n) is 2.43. The summed E-state index contributed by atoms with van der Waals surface area (Å²) in [6.45, 7) is 0.443. The Morgan fingerprint density at radius 1 is 1.53 bits per heavy atom. The Bertz CT molecular complexity index is 599. The van der Waals surface area contributed by atoms with E-state index in [2.05, 4.69) is 33.0 Å². The van der Waals surface area contributed by atoms with Gasteiger partial charge >= 0.3 is 0 Å². The monoisotopic (exact) mass is 374 g/mol. The lowest BCUT2D eigenvalue weighted by atomic mass is 10.2. The van der Waals surface area contributed by atoms with Crippen LogP contribution in [0.3, 0.4) is 0 Å². The molecule has 1 heterocycles. The Morgan fingerprint density at radius 3 is 3.00 bits per heavy atom. The van der Waals surface area contributed by atoms with E-state index in [0.717, 1.165) is 3.57 Å². The first-order valence-electron chi connectivity index (χ1n) is 5.57. The SMILES string of the molecule is Nc1ccc(F)c(NC(=O)CCn2cc(I)cn2)c1. The summed E-state index contributed by atoms with van der Waals surface area (Å²) < 4.78 is 16.1. The number of anilines is 2. The number of halogens is 2. The lowest BCUT2D eigenvalue weighted by Gasteiger charge is -2.07. The summed E-state index contributed by atoms with van der Waals surface area (Å²) >= 11 is 2.14. The number of nitrogens with one attached hydrogen (secondary N) is 1. The molecule has 0 unspecified atom stereocenters. The lowest BCUT2D eigenvalue weighted by Crippen LogP contribution is -2.15. The van der Waals surface area contributed by atoms with Gasteiger partial charge in [-0.3, -0.25) is 9.48 Å². The minimum Gasteiger partial charge on any atom is -0.399 e. The second-order valence-corrected chi connectivity index (χ2v) is 5.20. The Morgan fingerprint density at radius 2 is 2.32 bits per heavy atom. The number of hydrogen-bond acceptors (Lipinski definition) is 3. The number of benzene rings is 1. The van der Waals surface area contributed by atoms with Gasteiger partial charge in [-0.2, -0.15) is 5.10 Å². The van der Waals surface area contributed by atoms with E-state index in [1.165, 1.54) is 18.2 Å². The molecule has 0 atom stereocenters. The van der Waals surface area contributed by atoms with Crippen molar-refractivity contribution in [3.63, 3.8) is 0 Å². The first-order chi connectivity index (χ1) is 9.04. The number of rotatable bonds is 4.